The number of hydrogen-bond donors (Lipinski definition) is 4. The topological polar surface area (TPSA) is 80.9 Å². The van der Waals surface area contributed by atoms with E-state index in [2.05, 4.69) is 0 Å². The molecule has 1 unspecified atom stereocenters. The van der Waals surface area contributed by atoms with Gasteiger partial charge in [0.15, 0.2) is 0 Å². The predicted molar refractivity (Wildman–Crippen MR) is 64.5 cm³/mol. The molecular formula is C11H19BO4. The third kappa shape index (κ3) is 6.58. The van der Waals surface area contributed by atoms with E-state index in [-0.39, 0.29) is 6.61 Å². The summed E-state index contributed by atoms with van der Waals surface area (Å²) < 4.78 is 0. The zero-order valence-electron chi connectivity index (χ0n) is 9.88. The minimum Gasteiger partial charge on any atom is -0.423 e. The van der Waals surface area contributed by atoms with Crippen LogP contribution in [-0.2, 0) is 0 Å². The van der Waals surface area contributed by atoms with Crippen LogP contribution in [0.3, 0.4) is 0 Å². The Labute approximate surface area is 96.3 Å². The van der Waals surface area contributed by atoms with Crippen molar-refractivity contribution < 1.29 is 20.3 Å². The monoisotopic (exact) mass is 226 g/mol. The van der Waals surface area contributed by atoms with E-state index in [1.807, 2.05) is 19.9 Å². The van der Waals surface area contributed by atoms with Gasteiger partial charge in [-0.05, 0) is 26.2 Å². The number of hydrogen-bond acceptors (Lipinski definition) is 4. The Morgan fingerprint density at radius 3 is 1.75 bits per heavy atom. The first-order valence-electron chi connectivity index (χ1n) is 5.10. The second-order valence-electron chi connectivity index (χ2n) is 3.83. The molecule has 0 bridgehead atoms. The highest BCUT2D eigenvalue weighted by atomic mass is 16.4. The number of aliphatic hydroxyl groups is 2. The van der Waals surface area contributed by atoms with Crippen LogP contribution in [0, 0.1) is 13.8 Å². The SMILES string of the molecule is CC(O)CO.Cc1cc(C)cc(B(O)O)c1. The normalized spacial score (nSPS) is 11.4. The molecule has 0 radical (unpaired) electrons. The smallest absolute Gasteiger partial charge is 0.423 e. The average molecular weight is 226 g/mol. The van der Waals surface area contributed by atoms with Crippen molar-refractivity contribution in [3.05, 3.63) is 29.3 Å². The minimum atomic E-state index is -1.35. The zero-order chi connectivity index (χ0) is 12.7. The van der Waals surface area contributed by atoms with Gasteiger partial charge in [0.2, 0.25) is 0 Å². The van der Waals surface area contributed by atoms with Crippen LogP contribution < -0.4 is 5.46 Å². The van der Waals surface area contributed by atoms with Gasteiger partial charge in [0.05, 0.1) is 12.7 Å². The Hall–Kier alpha value is -0.875. The van der Waals surface area contributed by atoms with Gasteiger partial charge in [-0.2, -0.15) is 0 Å². The van der Waals surface area contributed by atoms with Crippen molar-refractivity contribution in [3.8, 4) is 0 Å². The van der Waals surface area contributed by atoms with Crippen LogP contribution in [0.4, 0.5) is 0 Å². The molecule has 0 saturated heterocycles. The summed E-state index contributed by atoms with van der Waals surface area (Å²) in [7, 11) is -1.35. The van der Waals surface area contributed by atoms with E-state index in [1.54, 1.807) is 12.1 Å². The largest absolute Gasteiger partial charge is 0.488 e. The lowest BCUT2D eigenvalue weighted by molar-refractivity contribution is 0.110. The van der Waals surface area contributed by atoms with Crippen molar-refractivity contribution in [2.24, 2.45) is 0 Å². The summed E-state index contributed by atoms with van der Waals surface area (Å²) in [5, 5.41) is 33.7. The maximum Gasteiger partial charge on any atom is 0.488 e. The lowest BCUT2D eigenvalue weighted by Crippen LogP contribution is -2.30. The molecule has 0 saturated carbocycles. The van der Waals surface area contributed by atoms with Crippen LogP contribution in [0.15, 0.2) is 18.2 Å². The van der Waals surface area contributed by atoms with Crippen LogP contribution in [0.1, 0.15) is 18.1 Å². The van der Waals surface area contributed by atoms with E-state index in [9.17, 15) is 0 Å². The van der Waals surface area contributed by atoms with Crippen LogP contribution in [0.2, 0.25) is 0 Å². The molecule has 90 valence electrons. The molecule has 0 aliphatic carbocycles. The second-order valence-corrected chi connectivity index (χ2v) is 3.83. The molecule has 0 amide bonds. The Balaban J connectivity index is 0.000000385. The fourth-order valence-electron chi connectivity index (χ4n) is 1.16. The predicted octanol–water partition coefficient (Wildman–Crippen LogP) is -0.657. The van der Waals surface area contributed by atoms with Crippen molar-refractivity contribution in [3.63, 3.8) is 0 Å². The first-order valence-corrected chi connectivity index (χ1v) is 5.10. The molecular weight excluding hydrogens is 207 g/mol. The van der Waals surface area contributed by atoms with Crippen molar-refractivity contribution >= 4 is 12.6 Å². The van der Waals surface area contributed by atoms with E-state index in [0.29, 0.717) is 5.46 Å². The van der Waals surface area contributed by atoms with Gasteiger partial charge in [-0.1, -0.05) is 29.3 Å². The van der Waals surface area contributed by atoms with E-state index in [1.165, 1.54) is 6.92 Å². The molecule has 1 aromatic rings. The molecule has 0 spiro atoms. The van der Waals surface area contributed by atoms with Crippen LogP contribution in [0.5, 0.6) is 0 Å². The van der Waals surface area contributed by atoms with Gasteiger partial charge in [0.25, 0.3) is 0 Å². The number of aliphatic hydroxyl groups excluding tert-OH is 2. The molecule has 1 aromatic carbocycles. The van der Waals surface area contributed by atoms with Crippen molar-refractivity contribution in [2.45, 2.75) is 26.9 Å². The summed E-state index contributed by atoms with van der Waals surface area (Å²) in [6.07, 6.45) is -0.560. The van der Waals surface area contributed by atoms with E-state index in [4.69, 9.17) is 20.3 Å². The first-order chi connectivity index (χ1) is 7.36. The molecule has 5 heteroatoms. The molecule has 1 rings (SSSR count). The van der Waals surface area contributed by atoms with Crippen molar-refractivity contribution in [1.82, 2.24) is 0 Å². The third-order valence-corrected chi connectivity index (χ3v) is 1.81. The molecule has 0 aromatic heterocycles. The first kappa shape index (κ1) is 15.1. The van der Waals surface area contributed by atoms with Gasteiger partial charge in [-0.15, -0.1) is 0 Å². The van der Waals surface area contributed by atoms with Gasteiger partial charge in [-0.25, -0.2) is 0 Å². The Kier molecular flexibility index (Phi) is 7.00. The molecule has 0 heterocycles. The van der Waals surface area contributed by atoms with Crippen molar-refractivity contribution in [1.29, 1.82) is 0 Å². The van der Waals surface area contributed by atoms with E-state index in [0.717, 1.165) is 11.1 Å². The number of aryl methyl sites for hydroxylation is 2. The van der Waals surface area contributed by atoms with Crippen LogP contribution in [0.25, 0.3) is 0 Å². The molecule has 16 heavy (non-hydrogen) atoms. The second kappa shape index (κ2) is 7.41. The number of rotatable bonds is 2. The lowest BCUT2D eigenvalue weighted by atomic mass is 9.79. The highest BCUT2D eigenvalue weighted by Crippen LogP contribution is 1.99. The molecule has 4 nitrogen and oxygen atoms in total. The molecule has 1 atom stereocenters. The summed E-state index contributed by atoms with van der Waals surface area (Å²) >= 11 is 0. The molecule has 0 fully saturated rings. The van der Waals surface area contributed by atoms with Gasteiger partial charge >= 0.3 is 7.12 Å². The average Bonchev–Trinajstić information content (AvgIpc) is 2.17. The summed E-state index contributed by atoms with van der Waals surface area (Å²) in [4.78, 5) is 0. The van der Waals surface area contributed by atoms with E-state index >= 15 is 0 Å². The number of benzene rings is 1. The molecule has 0 aliphatic heterocycles. The fraction of sp³-hybridized carbons (Fsp3) is 0.455. The zero-order valence-corrected chi connectivity index (χ0v) is 9.88. The lowest BCUT2D eigenvalue weighted by Gasteiger charge is -2.02. The summed E-state index contributed by atoms with van der Waals surface area (Å²) in [6.45, 7) is 5.25. The summed E-state index contributed by atoms with van der Waals surface area (Å²) in [5.74, 6) is 0. The van der Waals surface area contributed by atoms with Gasteiger partial charge in [-0.3, -0.25) is 0 Å². The minimum absolute atomic E-state index is 0.139. The maximum absolute atomic E-state index is 8.83. The highest BCUT2D eigenvalue weighted by Gasteiger charge is 2.10. The van der Waals surface area contributed by atoms with Gasteiger partial charge in [0.1, 0.15) is 0 Å². The van der Waals surface area contributed by atoms with Crippen LogP contribution >= 0.6 is 0 Å². The van der Waals surface area contributed by atoms with Gasteiger partial charge < -0.3 is 20.3 Å². The molecule has 4 N–H and O–H groups in total. The van der Waals surface area contributed by atoms with Crippen LogP contribution in [-0.4, -0.2) is 40.1 Å². The standard InChI is InChI=1S/C8H11BO2.C3H8O2/c1-6-3-7(2)5-8(4-6)9(10)11;1-3(5)2-4/h3-5,10-11H,1-2H3;3-5H,2H2,1H3. The van der Waals surface area contributed by atoms with Gasteiger partial charge in [0, 0.05) is 0 Å². The Bertz CT molecular complexity index is 293. The van der Waals surface area contributed by atoms with E-state index < -0.39 is 13.2 Å². The Morgan fingerprint density at radius 2 is 1.50 bits per heavy atom. The third-order valence-electron chi connectivity index (χ3n) is 1.81. The quantitative estimate of drug-likeness (QED) is 0.505. The Morgan fingerprint density at radius 1 is 1.12 bits per heavy atom. The molecule has 0 aliphatic rings. The summed E-state index contributed by atoms with van der Waals surface area (Å²) in [6, 6.07) is 5.52. The highest BCUT2D eigenvalue weighted by molar-refractivity contribution is 6.58. The fourth-order valence-corrected chi connectivity index (χ4v) is 1.16. The maximum atomic E-state index is 8.83. The summed E-state index contributed by atoms with van der Waals surface area (Å²) in [5.41, 5.74) is 2.66. The van der Waals surface area contributed by atoms with Crippen molar-refractivity contribution in [2.75, 3.05) is 6.61 Å².